The Labute approximate surface area is 129 Å². The number of imidazole rings is 1. The molecule has 112 valence electrons. The lowest BCUT2D eigenvalue weighted by atomic mass is 10.2. The summed E-state index contributed by atoms with van der Waals surface area (Å²) in [5, 5.41) is 1.77. The zero-order chi connectivity index (χ0) is 15.1. The Balaban J connectivity index is 1.80. The third-order valence-corrected chi connectivity index (χ3v) is 4.11. The third-order valence-electron chi connectivity index (χ3n) is 2.76. The molecule has 0 aliphatic rings. The van der Waals surface area contributed by atoms with E-state index in [0.717, 1.165) is 16.8 Å². The molecule has 1 aromatic carbocycles. The first-order valence-corrected chi connectivity index (χ1v) is 8.39. The predicted octanol–water partition coefficient (Wildman–Crippen LogP) is 2.59. The molecule has 5 nitrogen and oxygen atoms in total. The van der Waals surface area contributed by atoms with Gasteiger partial charge in [-0.1, -0.05) is 23.7 Å². The highest BCUT2D eigenvalue weighted by molar-refractivity contribution is 7.92. The second-order valence-electron chi connectivity index (χ2n) is 4.43. The van der Waals surface area contributed by atoms with E-state index in [9.17, 15) is 8.42 Å². The van der Waals surface area contributed by atoms with Crippen LogP contribution in [0.25, 0.3) is 6.08 Å². The van der Waals surface area contributed by atoms with Gasteiger partial charge in [0.1, 0.15) is 5.82 Å². The van der Waals surface area contributed by atoms with Gasteiger partial charge >= 0.3 is 0 Å². The quantitative estimate of drug-likeness (QED) is 0.768. The first-order valence-electron chi connectivity index (χ1n) is 6.47. The Morgan fingerprint density at radius 3 is 2.71 bits per heavy atom. The lowest BCUT2D eigenvalue weighted by Gasteiger charge is -2.02. The highest BCUT2D eigenvalue weighted by Gasteiger charge is 2.04. The first-order chi connectivity index (χ1) is 10.1. The van der Waals surface area contributed by atoms with Gasteiger partial charge in [-0.2, -0.15) is 0 Å². The van der Waals surface area contributed by atoms with Crippen LogP contribution in [0.15, 0.2) is 42.1 Å². The molecule has 0 aliphatic carbocycles. The van der Waals surface area contributed by atoms with Gasteiger partial charge in [0.2, 0.25) is 10.0 Å². The lowest BCUT2D eigenvalue weighted by molar-refractivity contribution is 0.587. The van der Waals surface area contributed by atoms with E-state index in [1.54, 1.807) is 36.7 Å². The maximum Gasteiger partial charge on any atom is 0.233 e. The highest BCUT2D eigenvalue weighted by atomic mass is 35.5. The Kier molecular flexibility index (Phi) is 5.55. The Morgan fingerprint density at radius 2 is 2.05 bits per heavy atom. The summed E-state index contributed by atoms with van der Waals surface area (Å²) in [4.78, 5) is 7.05. The Bertz CT molecular complexity index is 680. The number of nitrogens with one attached hydrogen (secondary N) is 2. The van der Waals surface area contributed by atoms with E-state index in [2.05, 4.69) is 14.7 Å². The van der Waals surface area contributed by atoms with E-state index in [0.29, 0.717) is 24.4 Å². The molecule has 2 N–H and O–H groups in total. The van der Waals surface area contributed by atoms with Crippen molar-refractivity contribution in [3.05, 3.63) is 58.5 Å². The van der Waals surface area contributed by atoms with Crippen molar-refractivity contribution in [3.63, 3.8) is 0 Å². The smallest absolute Gasteiger partial charge is 0.233 e. The van der Waals surface area contributed by atoms with Gasteiger partial charge in [0.25, 0.3) is 0 Å². The van der Waals surface area contributed by atoms with Crippen LogP contribution < -0.4 is 4.72 Å². The molecular formula is C14H16ClN3O2S. The van der Waals surface area contributed by atoms with E-state index in [1.807, 2.05) is 0 Å². The standard InChI is InChI=1S/C14H16ClN3O2S/c15-13-5-3-12(4-6-13)7-11-21(19,20)18-8-1-2-14-16-9-10-17-14/h3-7,9-11,18H,1-2,8H2,(H,16,17)/b11-7+. The van der Waals surface area contributed by atoms with Crippen molar-refractivity contribution in [1.29, 1.82) is 0 Å². The number of H-pyrrole nitrogens is 1. The van der Waals surface area contributed by atoms with Gasteiger partial charge in [0.05, 0.1) is 0 Å². The van der Waals surface area contributed by atoms with Crippen LogP contribution in [0.5, 0.6) is 0 Å². The fraction of sp³-hybridized carbons (Fsp3) is 0.214. The number of sulfonamides is 1. The molecule has 1 heterocycles. The molecule has 0 atom stereocenters. The molecule has 0 saturated heterocycles. The number of hydrogen-bond acceptors (Lipinski definition) is 3. The van der Waals surface area contributed by atoms with Gasteiger partial charge in [0.15, 0.2) is 0 Å². The normalized spacial score (nSPS) is 12.0. The van der Waals surface area contributed by atoms with Crippen molar-refractivity contribution in [1.82, 2.24) is 14.7 Å². The molecule has 2 rings (SSSR count). The average molecular weight is 326 g/mol. The molecule has 0 fully saturated rings. The molecule has 7 heteroatoms. The number of benzene rings is 1. The molecule has 0 saturated carbocycles. The summed E-state index contributed by atoms with van der Waals surface area (Å²) in [7, 11) is -3.43. The number of halogens is 1. The maximum atomic E-state index is 11.8. The Hall–Kier alpha value is -1.63. The highest BCUT2D eigenvalue weighted by Crippen LogP contribution is 2.11. The van der Waals surface area contributed by atoms with Crippen molar-refractivity contribution in [2.75, 3.05) is 6.54 Å². The van der Waals surface area contributed by atoms with Crippen molar-refractivity contribution < 1.29 is 8.42 Å². The fourth-order valence-corrected chi connectivity index (χ4v) is 2.68. The van der Waals surface area contributed by atoms with Crippen molar-refractivity contribution in [2.45, 2.75) is 12.8 Å². The van der Waals surface area contributed by atoms with Gasteiger partial charge in [-0.25, -0.2) is 18.1 Å². The average Bonchev–Trinajstić information content (AvgIpc) is 2.96. The summed E-state index contributed by atoms with van der Waals surface area (Å²) in [6, 6.07) is 6.94. The van der Waals surface area contributed by atoms with E-state index in [1.165, 1.54) is 6.08 Å². The largest absolute Gasteiger partial charge is 0.349 e. The van der Waals surface area contributed by atoms with Crippen LogP contribution in [0.3, 0.4) is 0 Å². The molecule has 0 bridgehead atoms. The predicted molar refractivity (Wildman–Crippen MR) is 84.3 cm³/mol. The summed E-state index contributed by atoms with van der Waals surface area (Å²) >= 11 is 5.77. The molecular weight excluding hydrogens is 310 g/mol. The van der Waals surface area contributed by atoms with Crippen molar-refractivity contribution >= 4 is 27.7 Å². The van der Waals surface area contributed by atoms with Gasteiger partial charge < -0.3 is 4.98 Å². The van der Waals surface area contributed by atoms with Crippen LogP contribution in [0.1, 0.15) is 17.8 Å². The van der Waals surface area contributed by atoms with Crippen molar-refractivity contribution in [2.24, 2.45) is 0 Å². The van der Waals surface area contributed by atoms with E-state index < -0.39 is 10.0 Å². The Morgan fingerprint density at radius 1 is 1.29 bits per heavy atom. The van der Waals surface area contributed by atoms with Crippen LogP contribution >= 0.6 is 11.6 Å². The van der Waals surface area contributed by atoms with Crippen LogP contribution in [-0.4, -0.2) is 24.9 Å². The van der Waals surface area contributed by atoms with E-state index in [4.69, 9.17) is 11.6 Å². The number of hydrogen-bond donors (Lipinski definition) is 2. The molecule has 0 radical (unpaired) electrons. The summed E-state index contributed by atoms with van der Waals surface area (Å²) < 4.78 is 26.1. The van der Waals surface area contributed by atoms with Gasteiger partial charge in [-0.15, -0.1) is 0 Å². The summed E-state index contributed by atoms with van der Waals surface area (Å²) in [5.74, 6) is 0.853. The number of aromatic amines is 1. The summed E-state index contributed by atoms with van der Waals surface area (Å²) in [5.41, 5.74) is 0.778. The molecule has 1 aromatic heterocycles. The molecule has 2 aromatic rings. The van der Waals surface area contributed by atoms with Gasteiger partial charge in [0, 0.05) is 35.8 Å². The lowest BCUT2D eigenvalue weighted by Crippen LogP contribution is -2.22. The summed E-state index contributed by atoms with van der Waals surface area (Å²) in [6.07, 6.45) is 6.34. The summed E-state index contributed by atoms with van der Waals surface area (Å²) in [6.45, 7) is 0.369. The van der Waals surface area contributed by atoms with Crippen LogP contribution in [0.4, 0.5) is 0 Å². The fourth-order valence-electron chi connectivity index (χ4n) is 1.70. The van der Waals surface area contributed by atoms with Gasteiger partial charge in [-0.05, 0) is 30.2 Å². The number of aryl methyl sites for hydroxylation is 1. The molecule has 0 spiro atoms. The minimum Gasteiger partial charge on any atom is -0.349 e. The molecule has 21 heavy (non-hydrogen) atoms. The second kappa shape index (κ2) is 7.40. The molecule has 0 unspecified atom stereocenters. The SMILES string of the molecule is O=S(=O)(/C=C/c1ccc(Cl)cc1)NCCCc1ncc[nH]1. The number of rotatable bonds is 7. The third kappa shape index (κ3) is 5.71. The van der Waals surface area contributed by atoms with Crippen molar-refractivity contribution in [3.8, 4) is 0 Å². The minimum atomic E-state index is -3.43. The second-order valence-corrected chi connectivity index (χ2v) is 6.52. The van der Waals surface area contributed by atoms with E-state index >= 15 is 0 Å². The maximum absolute atomic E-state index is 11.8. The van der Waals surface area contributed by atoms with E-state index in [-0.39, 0.29) is 0 Å². The number of aromatic nitrogens is 2. The molecule has 0 aliphatic heterocycles. The van der Waals surface area contributed by atoms with Crippen LogP contribution in [0, 0.1) is 0 Å². The monoisotopic (exact) mass is 325 g/mol. The van der Waals surface area contributed by atoms with Crippen LogP contribution in [-0.2, 0) is 16.4 Å². The number of nitrogens with zero attached hydrogens (tertiary/aromatic N) is 1. The zero-order valence-corrected chi connectivity index (χ0v) is 12.9. The minimum absolute atomic E-state index is 0.369. The molecule has 0 amide bonds. The topological polar surface area (TPSA) is 74.8 Å². The van der Waals surface area contributed by atoms with Gasteiger partial charge in [-0.3, -0.25) is 0 Å². The zero-order valence-electron chi connectivity index (χ0n) is 11.3. The van der Waals surface area contributed by atoms with Crippen LogP contribution in [0.2, 0.25) is 5.02 Å². The first kappa shape index (κ1) is 15.8.